The molecule has 0 amide bonds. The Kier molecular flexibility index (Phi) is 11.0. The minimum atomic E-state index is -0.178. The Morgan fingerprint density at radius 3 is 1.51 bits per heavy atom. The van der Waals surface area contributed by atoms with Crippen molar-refractivity contribution in [3.63, 3.8) is 0 Å². The van der Waals surface area contributed by atoms with E-state index in [2.05, 4.69) is 313 Å². The van der Waals surface area contributed by atoms with E-state index in [1.54, 1.807) is 0 Å². The lowest BCUT2D eigenvalue weighted by atomic mass is 9.33. The van der Waals surface area contributed by atoms with Crippen LogP contribution < -0.4 is 26.2 Å². The minimum Gasteiger partial charge on any atom is -0.311 e. The number of nitrogens with zero attached hydrogens (tertiary/aromatic N) is 5. The lowest BCUT2D eigenvalue weighted by molar-refractivity contribution is 0.661. The third-order valence-corrected chi connectivity index (χ3v) is 18.2. The van der Waals surface area contributed by atoms with Crippen LogP contribution in [0.3, 0.4) is 0 Å². The van der Waals surface area contributed by atoms with Crippen LogP contribution in [-0.4, -0.2) is 21.2 Å². The van der Waals surface area contributed by atoms with Gasteiger partial charge in [-0.2, -0.15) is 0 Å². The van der Waals surface area contributed by atoms with Gasteiger partial charge in [0.05, 0.1) is 28.1 Å². The quantitative estimate of drug-likeness (QED) is 0.142. The highest BCUT2D eigenvalue weighted by Crippen LogP contribution is 2.52. The summed E-state index contributed by atoms with van der Waals surface area (Å²) in [6, 6.07) is 107. The fraction of sp³-hybridized carbons (Fsp3) is 0.0380. The van der Waals surface area contributed by atoms with Gasteiger partial charge in [-0.3, -0.25) is 0 Å². The third-order valence-electron chi connectivity index (χ3n) is 18.2. The Bertz CT molecular complexity index is 4810. The maximum Gasteiger partial charge on any atom is 0.252 e. The molecule has 6 heteroatoms. The van der Waals surface area contributed by atoms with Crippen LogP contribution >= 0.6 is 0 Å². The first-order chi connectivity index (χ1) is 41.9. The number of aromatic nitrogens is 3. The second-order valence-corrected chi connectivity index (χ2v) is 23.3. The highest BCUT2D eigenvalue weighted by Gasteiger charge is 2.43. The third kappa shape index (κ3) is 7.65. The Morgan fingerprint density at radius 2 is 0.847 bits per heavy atom. The summed E-state index contributed by atoms with van der Waals surface area (Å²) in [5, 5.41) is 2.46. The normalized spacial score (nSPS) is 13.3. The summed E-state index contributed by atoms with van der Waals surface area (Å²) in [6.07, 6.45) is 0. The summed E-state index contributed by atoms with van der Waals surface area (Å²) in [5.74, 6) is 0.686. The molecule has 0 saturated heterocycles. The predicted octanol–water partition coefficient (Wildman–Crippen LogP) is 18.3. The van der Waals surface area contributed by atoms with Crippen molar-refractivity contribution < 1.29 is 0 Å². The van der Waals surface area contributed by atoms with Gasteiger partial charge in [0.15, 0.2) is 5.82 Å². The molecule has 17 rings (SSSR count). The Hall–Kier alpha value is -10.8. The molecule has 0 unspecified atom stereocenters. The van der Waals surface area contributed by atoms with Crippen molar-refractivity contribution in [3.8, 4) is 73.0 Å². The Morgan fingerprint density at radius 1 is 0.318 bits per heavy atom. The first-order valence-corrected chi connectivity index (χ1v) is 29.4. The van der Waals surface area contributed by atoms with Crippen LogP contribution in [0.4, 0.5) is 34.1 Å². The average molecular weight is 1080 g/mol. The molecule has 12 aromatic carbocycles. The topological polar surface area (TPSA) is 37.2 Å². The van der Waals surface area contributed by atoms with Crippen molar-refractivity contribution in [1.82, 2.24) is 14.5 Å². The van der Waals surface area contributed by atoms with Crippen LogP contribution in [-0.2, 0) is 5.41 Å². The van der Waals surface area contributed by atoms with E-state index in [-0.39, 0.29) is 12.1 Å². The van der Waals surface area contributed by atoms with Gasteiger partial charge in [0.25, 0.3) is 6.71 Å². The smallest absolute Gasteiger partial charge is 0.252 e. The number of hydrogen-bond donors (Lipinski definition) is 0. The van der Waals surface area contributed by atoms with Gasteiger partial charge in [0.2, 0.25) is 0 Å². The van der Waals surface area contributed by atoms with Crippen LogP contribution in [0, 0.1) is 0 Å². The van der Waals surface area contributed by atoms with E-state index in [4.69, 9.17) is 9.97 Å². The zero-order valence-corrected chi connectivity index (χ0v) is 47.0. The van der Waals surface area contributed by atoms with E-state index in [1.807, 2.05) is 6.07 Å². The van der Waals surface area contributed by atoms with Crippen molar-refractivity contribution >= 4 is 79.0 Å². The summed E-state index contributed by atoms with van der Waals surface area (Å²) in [7, 11) is 0. The molecule has 85 heavy (non-hydrogen) atoms. The van der Waals surface area contributed by atoms with Crippen molar-refractivity contribution in [2.75, 3.05) is 9.80 Å². The average Bonchev–Trinajstić information content (AvgIpc) is 2.75. The number of para-hydroxylation sites is 5. The van der Waals surface area contributed by atoms with Gasteiger partial charge in [0.1, 0.15) is 0 Å². The fourth-order valence-corrected chi connectivity index (χ4v) is 14.2. The summed E-state index contributed by atoms with van der Waals surface area (Å²) in [5.41, 5.74) is 28.7. The molecule has 3 aliphatic rings. The second kappa shape index (κ2) is 19.1. The molecular weight excluding hydrogens is 1030 g/mol. The molecule has 0 saturated carbocycles. The first-order valence-electron chi connectivity index (χ1n) is 29.4. The number of rotatable bonds is 8. The molecule has 4 heterocycles. The summed E-state index contributed by atoms with van der Waals surface area (Å²) in [4.78, 5) is 15.5. The van der Waals surface area contributed by atoms with Gasteiger partial charge in [0, 0.05) is 72.6 Å². The highest BCUT2D eigenvalue weighted by atomic mass is 15.2. The molecule has 0 N–H and O–H groups in total. The van der Waals surface area contributed by atoms with Crippen LogP contribution in [0.1, 0.15) is 25.0 Å². The summed E-state index contributed by atoms with van der Waals surface area (Å²) >= 11 is 0. The fourth-order valence-electron chi connectivity index (χ4n) is 14.2. The molecular formula is C79H54BN5. The van der Waals surface area contributed by atoms with Crippen molar-refractivity contribution in [2.24, 2.45) is 0 Å². The van der Waals surface area contributed by atoms with Gasteiger partial charge in [-0.1, -0.05) is 220 Å². The van der Waals surface area contributed by atoms with Gasteiger partial charge in [-0.05, 0) is 140 Å². The molecule has 1 aliphatic carbocycles. The molecule has 2 aliphatic heterocycles. The number of fused-ring (bicyclic) bond motifs is 10. The highest BCUT2D eigenvalue weighted by molar-refractivity contribution is 7.00. The number of hydrogen-bond acceptors (Lipinski definition) is 4. The van der Waals surface area contributed by atoms with Crippen LogP contribution in [0.2, 0.25) is 0 Å². The molecule has 0 atom stereocenters. The van der Waals surface area contributed by atoms with E-state index in [0.29, 0.717) is 5.82 Å². The monoisotopic (exact) mass is 1080 g/mol. The first kappa shape index (κ1) is 48.9. The number of benzene rings is 12. The largest absolute Gasteiger partial charge is 0.311 e. The van der Waals surface area contributed by atoms with Crippen molar-refractivity contribution in [2.45, 2.75) is 19.3 Å². The van der Waals surface area contributed by atoms with Crippen LogP contribution in [0.5, 0.6) is 0 Å². The van der Waals surface area contributed by atoms with E-state index in [0.717, 1.165) is 72.9 Å². The maximum atomic E-state index is 5.38. The SMILES string of the molecule is CC1(C)c2ccccc2-c2cc3c4ccccc4n(-c4ccc(-c5cc(-c6ccccc6)nc(-c6ccccc6)n5)cc4-c4ccc(-c5cc6c7c(c5)N(c5ccccc5)c5ccccc5B7c5ccccc5N6c5ccccc5)cc4)c3cc21. The molecule has 398 valence electrons. The molecule has 0 radical (unpaired) electrons. The standard InChI is InChI=1S/C79H54BN5/c1-79(2)64-33-17-15-31-59(64)62-48-63-60-32-16-20-36-70(60)85(74(63)49-65(62)79)71-44-43-55(69-50-68(53-23-7-3-8-24-53)81-78(82-69)54-25-9-4-10-26-54)45-61(71)52-41-39-51(40-42-52)56-46-75-77-76(47-56)84(58-29-13-6-14-30-58)73-38-22-19-35-67(73)80(77)66-34-18-21-37-72(66)83(75)57-27-11-5-12-28-57/h3-50H,1-2H3. The van der Waals surface area contributed by atoms with Crippen LogP contribution in [0.25, 0.3) is 94.8 Å². The Balaban J connectivity index is 0.887. The van der Waals surface area contributed by atoms with E-state index < -0.39 is 0 Å². The van der Waals surface area contributed by atoms with E-state index in [1.165, 1.54) is 77.7 Å². The summed E-state index contributed by atoms with van der Waals surface area (Å²) < 4.78 is 2.51. The van der Waals surface area contributed by atoms with E-state index in [9.17, 15) is 0 Å². The van der Waals surface area contributed by atoms with Gasteiger partial charge in [-0.25, -0.2) is 9.97 Å². The molecule has 14 aromatic rings. The second-order valence-electron chi connectivity index (χ2n) is 23.3. The lowest BCUT2D eigenvalue weighted by Crippen LogP contribution is -2.61. The van der Waals surface area contributed by atoms with Crippen molar-refractivity contribution in [1.29, 1.82) is 0 Å². The summed E-state index contributed by atoms with van der Waals surface area (Å²) in [6.45, 7) is 4.78. The molecule has 0 fully saturated rings. The molecule has 0 bridgehead atoms. The minimum absolute atomic E-state index is 0.0326. The number of anilines is 6. The molecule has 0 spiro atoms. The lowest BCUT2D eigenvalue weighted by Gasteiger charge is -2.44. The molecule has 5 nitrogen and oxygen atoms in total. The zero-order chi connectivity index (χ0) is 56.3. The van der Waals surface area contributed by atoms with Gasteiger partial charge >= 0.3 is 0 Å². The van der Waals surface area contributed by atoms with Gasteiger partial charge < -0.3 is 14.4 Å². The van der Waals surface area contributed by atoms with E-state index >= 15 is 0 Å². The Labute approximate surface area is 495 Å². The maximum absolute atomic E-state index is 5.38. The predicted molar refractivity (Wildman–Crippen MR) is 355 cm³/mol. The van der Waals surface area contributed by atoms with Gasteiger partial charge in [-0.15, -0.1) is 0 Å². The molecule has 2 aromatic heterocycles. The van der Waals surface area contributed by atoms with Crippen molar-refractivity contribution in [3.05, 3.63) is 302 Å². The zero-order valence-electron chi connectivity index (χ0n) is 47.0. The van der Waals surface area contributed by atoms with Crippen LogP contribution in [0.15, 0.2) is 291 Å².